The molecule has 0 bridgehead atoms. The van der Waals surface area contributed by atoms with Crippen LogP contribution in [0.4, 0.5) is 0 Å². The molecule has 0 aromatic carbocycles. The van der Waals surface area contributed by atoms with Gasteiger partial charge in [-0.15, -0.1) is 0 Å². The molecule has 1 unspecified atom stereocenters. The summed E-state index contributed by atoms with van der Waals surface area (Å²) in [4.78, 5) is 18.8. The molecule has 0 aliphatic heterocycles. The molecule has 0 amide bonds. The average molecular weight is 209 g/mol. The largest absolute Gasteiger partial charge is 0.550 e. The van der Waals surface area contributed by atoms with Crippen LogP contribution in [0.2, 0.25) is 0 Å². The molecule has 0 saturated carbocycles. The molecule has 0 aromatic rings. The van der Waals surface area contributed by atoms with Gasteiger partial charge in [0.05, 0.1) is 10.8 Å². The van der Waals surface area contributed by atoms with Gasteiger partial charge in [0.15, 0.2) is 0 Å². The third-order valence-corrected chi connectivity index (χ3v) is 1.69. The smallest absolute Gasteiger partial charge is 0.0551 e. The minimum Gasteiger partial charge on any atom is -0.550 e. The van der Waals surface area contributed by atoms with E-state index in [1.54, 1.807) is 0 Å². The number of rotatable bonds is 4. The summed E-state index contributed by atoms with van der Waals surface area (Å²) in [6.45, 7) is 0. The fraction of sp³-hybridized carbons (Fsp3) is 0.600. The van der Waals surface area contributed by atoms with Gasteiger partial charge < -0.3 is 19.8 Å². The molecule has 10 heavy (non-hydrogen) atoms. The fourth-order valence-corrected chi connectivity index (χ4v) is 0.591. The van der Waals surface area contributed by atoms with Gasteiger partial charge in [0, 0.05) is 5.97 Å². The predicted octanol–water partition coefficient (Wildman–Crippen LogP) is -1.97. The maximum Gasteiger partial charge on any atom is 0.0551 e. The molecule has 0 aliphatic rings. The van der Waals surface area contributed by atoms with Gasteiger partial charge in [-0.1, -0.05) is 15.9 Å². The summed E-state index contributed by atoms with van der Waals surface area (Å²) in [7, 11) is 0. The molecule has 0 N–H and O–H groups in total. The van der Waals surface area contributed by atoms with Gasteiger partial charge >= 0.3 is 0 Å². The van der Waals surface area contributed by atoms with Gasteiger partial charge in [-0.3, -0.25) is 0 Å². The van der Waals surface area contributed by atoms with E-state index in [0.717, 1.165) is 0 Å². The van der Waals surface area contributed by atoms with Crippen LogP contribution in [-0.2, 0) is 9.59 Å². The normalized spacial score (nSPS) is 12.5. The van der Waals surface area contributed by atoms with Crippen LogP contribution in [0.5, 0.6) is 0 Å². The Hall–Kier alpha value is -0.580. The number of carbonyl (C=O) groups is 2. The highest BCUT2D eigenvalue weighted by molar-refractivity contribution is 9.10. The minimum absolute atomic E-state index is 0.00926. The number of hydrogen-bond donors (Lipinski definition) is 0. The lowest BCUT2D eigenvalue weighted by Gasteiger charge is -2.09. The van der Waals surface area contributed by atoms with Crippen LogP contribution in [0.1, 0.15) is 12.8 Å². The molecule has 0 saturated heterocycles. The van der Waals surface area contributed by atoms with Crippen molar-refractivity contribution in [1.82, 2.24) is 0 Å². The summed E-state index contributed by atoms with van der Waals surface area (Å²) in [5, 5.41) is 19.7. The summed E-state index contributed by atoms with van der Waals surface area (Å²) >= 11 is 2.72. The highest BCUT2D eigenvalue weighted by Crippen LogP contribution is 2.05. The molecule has 0 aliphatic carbocycles. The Morgan fingerprint density at radius 1 is 1.40 bits per heavy atom. The van der Waals surface area contributed by atoms with Crippen LogP contribution in [-0.4, -0.2) is 16.8 Å². The summed E-state index contributed by atoms with van der Waals surface area (Å²) in [6, 6.07) is 0. The molecular weight excluding hydrogens is 204 g/mol. The van der Waals surface area contributed by atoms with Gasteiger partial charge in [-0.25, -0.2) is 0 Å². The maximum atomic E-state index is 9.94. The summed E-state index contributed by atoms with van der Waals surface area (Å²) in [5.41, 5.74) is 0. The van der Waals surface area contributed by atoms with Gasteiger partial charge in [-0.05, 0) is 12.8 Å². The van der Waals surface area contributed by atoms with Crippen molar-refractivity contribution in [2.24, 2.45) is 0 Å². The van der Waals surface area contributed by atoms with E-state index in [1.165, 1.54) is 0 Å². The number of carbonyl (C=O) groups excluding carboxylic acids is 2. The molecule has 4 nitrogen and oxygen atoms in total. The first-order valence-corrected chi connectivity index (χ1v) is 3.50. The Balaban J connectivity index is 3.49. The van der Waals surface area contributed by atoms with E-state index in [0.29, 0.717) is 0 Å². The first-order chi connectivity index (χ1) is 4.54. The number of carboxylic acid groups (broad SMARTS) is 2. The highest BCUT2D eigenvalue weighted by atomic mass is 79.9. The molecule has 5 heteroatoms. The van der Waals surface area contributed by atoms with Crippen molar-refractivity contribution in [1.29, 1.82) is 0 Å². The van der Waals surface area contributed by atoms with E-state index < -0.39 is 16.8 Å². The second kappa shape index (κ2) is 4.27. The van der Waals surface area contributed by atoms with Crippen molar-refractivity contribution < 1.29 is 19.8 Å². The second-order valence-electron chi connectivity index (χ2n) is 1.70. The van der Waals surface area contributed by atoms with Crippen molar-refractivity contribution in [3.63, 3.8) is 0 Å². The molecular formula is C5H5BrO4-2. The first-order valence-electron chi connectivity index (χ1n) is 2.59. The van der Waals surface area contributed by atoms with Gasteiger partial charge in [-0.2, -0.15) is 0 Å². The van der Waals surface area contributed by atoms with E-state index in [-0.39, 0.29) is 12.8 Å². The number of halogens is 1. The van der Waals surface area contributed by atoms with Crippen LogP contribution in [0.25, 0.3) is 0 Å². The number of hydrogen-bond acceptors (Lipinski definition) is 4. The Morgan fingerprint density at radius 3 is 2.20 bits per heavy atom. The molecule has 0 rings (SSSR count). The number of aliphatic carboxylic acids is 2. The average Bonchev–Trinajstić information content (AvgIpc) is 1.82. The molecule has 0 radical (unpaired) electrons. The molecule has 1 atom stereocenters. The summed E-state index contributed by atoms with van der Waals surface area (Å²) < 4.78 is 0. The van der Waals surface area contributed by atoms with Crippen LogP contribution >= 0.6 is 15.9 Å². The molecule has 0 fully saturated rings. The van der Waals surface area contributed by atoms with Crippen LogP contribution in [0, 0.1) is 0 Å². The molecule has 0 heterocycles. The monoisotopic (exact) mass is 208 g/mol. The van der Waals surface area contributed by atoms with E-state index >= 15 is 0 Å². The van der Waals surface area contributed by atoms with Crippen LogP contribution in [0.15, 0.2) is 0 Å². The first kappa shape index (κ1) is 9.42. The zero-order valence-electron chi connectivity index (χ0n) is 5.00. The van der Waals surface area contributed by atoms with E-state index in [1.807, 2.05) is 0 Å². The lowest BCUT2D eigenvalue weighted by Crippen LogP contribution is -2.33. The summed E-state index contributed by atoms with van der Waals surface area (Å²) in [6.07, 6.45) is -0.283. The zero-order valence-corrected chi connectivity index (χ0v) is 6.59. The Bertz CT molecular complexity index is 145. The fourth-order valence-electron chi connectivity index (χ4n) is 0.362. The SMILES string of the molecule is O=C([O-])CCC(Br)C(=O)[O-]. The lowest BCUT2D eigenvalue weighted by atomic mass is 10.2. The van der Waals surface area contributed by atoms with Crippen LogP contribution < -0.4 is 10.2 Å². The van der Waals surface area contributed by atoms with Gasteiger partial charge in [0.25, 0.3) is 0 Å². The van der Waals surface area contributed by atoms with Crippen molar-refractivity contribution in [3.8, 4) is 0 Å². The summed E-state index contributed by atoms with van der Waals surface area (Å²) in [5.74, 6) is -2.56. The predicted molar refractivity (Wildman–Crippen MR) is 32.0 cm³/mol. The Morgan fingerprint density at radius 2 is 1.90 bits per heavy atom. The van der Waals surface area contributed by atoms with Crippen molar-refractivity contribution in [2.75, 3.05) is 0 Å². The highest BCUT2D eigenvalue weighted by Gasteiger charge is 2.03. The Labute approximate surface area is 66.0 Å². The van der Waals surface area contributed by atoms with E-state index in [9.17, 15) is 19.8 Å². The second-order valence-corrected chi connectivity index (χ2v) is 2.80. The Kier molecular flexibility index (Phi) is 4.02. The molecule has 0 aromatic heterocycles. The minimum atomic E-state index is -1.30. The molecule has 58 valence electrons. The molecule has 0 spiro atoms. The number of carboxylic acids is 2. The number of alkyl halides is 1. The standard InChI is InChI=1S/C5H7BrO4/c6-3(5(9)10)1-2-4(7)8/h3H,1-2H2,(H,7,8)(H,9,10)/p-2. The van der Waals surface area contributed by atoms with Crippen LogP contribution in [0.3, 0.4) is 0 Å². The van der Waals surface area contributed by atoms with Crippen molar-refractivity contribution in [3.05, 3.63) is 0 Å². The van der Waals surface area contributed by atoms with Crippen molar-refractivity contribution >= 4 is 27.9 Å². The van der Waals surface area contributed by atoms with E-state index in [2.05, 4.69) is 15.9 Å². The topological polar surface area (TPSA) is 80.3 Å². The third-order valence-electron chi connectivity index (χ3n) is 0.858. The third kappa shape index (κ3) is 4.31. The lowest BCUT2D eigenvalue weighted by molar-refractivity contribution is -0.307. The van der Waals surface area contributed by atoms with Gasteiger partial charge in [0.2, 0.25) is 0 Å². The van der Waals surface area contributed by atoms with E-state index in [4.69, 9.17) is 0 Å². The van der Waals surface area contributed by atoms with Crippen molar-refractivity contribution in [2.45, 2.75) is 17.7 Å². The quantitative estimate of drug-likeness (QED) is 0.503. The van der Waals surface area contributed by atoms with Gasteiger partial charge in [0.1, 0.15) is 0 Å². The maximum absolute atomic E-state index is 9.94. The zero-order chi connectivity index (χ0) is 8.15.